The molecule has 2 atom stereocenters. The quantitative estimate of drug-likeness (QED) is 0.783. The summed E-state index contributed by atoms with van der Waals surface area (Å²) < 4.78 is 0. The van der Waals surface area contributed by atoms with Crippen molar-refractivity contribution in [3.63, 3.8) is 0 Å². The smallest absolute Gasteiger partial charge is 0.0237 e. The first kappa shape index (κ1) is 13.5. The second-order valence-electron chi connectivity index (χ2n) is 5.92. The number of thioether (sulfide) groups is 1. The van der Waals surface area contributed by atoms with Crippen molar-refractivity contribution in [1.82, 2.24) is 9.80 Å². The minimum absolute atomic E-state index is 0.689. The van der Waals surface area contributed by atoms with Crippen LogP contribution in [0, 0.1) is 0 Å². The molecule has 0 N–H and O–H groups in total. The lowest BCUT2D eigenvalue weighted by Gasteiger charge is -2.42. The van der Waals surface area contributed by atoms with Gasteiger partial charge < -0.3 is 0 Å². The van der Waals surface area contributed by atoms with E-state index in [0.717, 1.165) is 12.6 Å². The molecule has 0 spiro atoms. The molecule has 1 aromatic rings. The van der Waals surface area contributed by atoms with Gasteiger partial charge in [0.1, 0.15) is 0 Å². The first-order valence-electron chi connectivity index (χ1n) is 7.37. The molecule has 2 heterocycles. The number of hydrogen-bond acceptors (Lipinski definition) is 3. The SMILES string of the molecule is CSc1ccc(CN2CC3CCCN3C[C@@H]2C)cc1. The third-order valence-electron chi connectivity index (χ3n) is 4.61. The fourth-order valence-electron chi connectivity index (χ4n) is 3.43. The highest BCUT2D eigenvalue weighted by Gasteiger charge is 2.34. The highest BCUT2D eigenvalue weighted by Crippen LogP contribution is 2.26. The van der Waals surface area contributed by atoms with E-state index >= 15 is 0 Å². The van der Waals surface area contributed by atoms with Crippen molar-refractivity contribution >= 4 is 11.8 Å². The summed E-state index contributed by atoms with van der Waals surface area (Å²) in [6, 6.07) is 10.6. The molecule has 0 amide bonds. The summed E-state index contributed by atoms with van der Waals surface area (Å²) in [6.07, 6.45) is 4.93. The lowest BCUT2D eigenvalue weighted by Crippen LogP contribution is -2.54. The van der Waals surface area contributed by atoms with Crippen LogP contribution in [0.15, 0.2) is 29.2 Å². The van der Waals surface area contributed by atoms with Crippen LogP contribution in [0.2, 0.25) is 0 Å². The van der Waals surface area contributed by atoms with Crippen LogP contribution in [-0.2, 0) is 6.54 Å². The van der Waals surface area contributed by atoms with Crippen LogP contribution in [0.25, 0.3) is 0 Å². The Hall–Kier alpha value is -0.510. The van der Waals surface area contributed by atoms with E-state index < -0.39 is 0 Å². The minimum Gasteiger partial charge on any atom is -0.298 e. The molecule has 0 aliphatic carbocycles. The summed E-state index contributed by atoms with van der Waals surface area (Å²) in [4.78, 5) is 6.72. The number of hydrogen-bond donors (Lipinski definition) is 0. The number of nitrogens with zero attached hydrogens (tertiary/aromatic N) is 2. The Bertz CT molecular complexity index is 417. The highest BCUT2D eigenvalue weighted by atomic mass is 32.2. The minimum atomic E-state index is 0.689. The number of piperazine rings is 1. The molecule has 0 bridgehead atoms. The van der Waals surface area contributed by atoms with Crippen molar-refractivity contribution in [1.29, 1.82) is 0 Å². The van der Waals surface area contributed by atoms with Gasteiger partial charge in [0.2, 0.25) is 0 Å². The molecule has 19 heavy (non-hydrogen) atoms. The van der Waals surface area contributed by atoms with E-state index in [2.05, 4.69) is 47.2 Å². The third kappa shape index (κ3) is 2.99. The normalized spacial score (nSPS) is 28.5. The largest absolute Gasteiger partial charge is 0.298 e. The van der Waals surface area contributed by atoms with Gasteiger partial charge in [0.25, 0.3) is 0 Å². The predicted octanol–water partition coefficient (Wildman–Crippen LogP) is 3.08. The van der Waals surface area contributed by atoms with Crippen LogP contribution < -0.4 is 0 Å². The Morgan fingerprint density at radius 3 is 2.74 bits per heavy atom. The van der Waals surface area contributed by atoms with E-state index in [1.807, 2.05) is 11.8 Å². The van der Waals surface area contributed by atoms with E-state index in [1.54, 1.807) is 0 Å². The van der Waals surface area contributed by atoms with E-state index in [1.165, 1.54) is 42.9 Å². The van der Waals surface area contributed by atoms with Crippen molar-refractivity contribution < 1.29 is 0 Å². The fraction of sp³-hybridized carbons (Fsp3) is 0.625. The molecule has 3 rings (SSSR count). The molecule has 3 heteroatoms. The van der Waals surface area contributed by atoms with Gasteiger partial charge in [-0.3, -0.25) is 9.80 Å². The molecule has 2 aliphatic rings. The predicted molar refractivity (Wildman–Crippen MR) is 82.7 cm³/mol. The second-order valence-corrected chi connectivity index (χ2v) is 6.80. The summed E-state index contributed by atoms with van der Waals surface area (Å²) >= 11 is 1.82. The van der Waals surface area contributed by atoms with Crippen LogP contribution in [0.1, 0.15) is 25.3 Å². The van der Waals surface area contributed by atoms with Crippen molar-refractivity contribution in [3.05, 3.63) is 29.8 Å². The van der Waals surface area contributed by atoms with Gasteiger partial charge in [-0.05, 0) is 50.3 Å². The van der Waals surface area contributed by atoms with E-state index in [9.17, 15) is 0 Å². The maximum Gasteiger partial charge on any atom is 0.0237 e. The summed E-state index contributed by atoms with van der Waals surface area (Å²) in [5.74, 6) is 0. The maximum atomic E-state index is 2.69. The molecular weight excluding hydrogens is 252 g/mol. The molecule has 2 saturated heterocycles. The molecule has 0 aromatic heterocycles. The van der Waals surface area contributed by atoms with Gasteiger partial charge in [-0.2, -0.15) is 0 Å². The van der Waals surface area contributed by atoms with Crippen molar-refractivity contribution in [2.75, 3.05) is 25.9 Å². The average Bonchev–Trinajstić information content (AvgIpc) is 2.87. The van der Waals surface area contributed by atoms with Gasteiger partial charge in [0.15, 0.2) is 0 Å². The van der Waals surface area contributed by atoms with Crippen LogP contribution in [-0.4, -0.2) is 47.8 Å². The first-order chi connectivity index (χ1) is 9.26. The average molecular weight is 276 g/mol. The Morgan fingerprint density at radius 1 is 1.21 bits per heavy atom. The third-order valence-corrected chi connectivity index (χ3v) is 5.35. The molecule has 2 fully saturated rings. The first-order valence-corrected chi connectivity index (χ1v) is 8.60. The zero-order valence-electron chi connectivity index (χ0n) is 12.0. The van der Waals surface area contributed by atoms with E-state index in [-0.39, 0.29) is 0 Å². The molecule has 0 saturated carbocycles. The van der Waals surface area contributed by atoms with Gasteiger partial charge in [-0.1, -0.05) is 12.1 Å². The van der Waals surface area contributed by atoms with Crippen LogP contribution in [0.5, 0.6) is 0 Å². The maximum absolute atomic E-state index is 2.69. The summed E-state index contributed by atoms with van der Waals surface area (Å²) in [7, 11) is 0. The van der Waals surface area contributed by atoms with Crippen molar-refractivity contribution in [2.24, 2.45) is 0 Å². The zero-order valence-corrected chi connectivity index (χ0v) is 12.8. The number of rotatable bonds is 3. The number of benzene rings is 1. The van der Waals surface area contributed by atoms with E-state index in [4.69, 9.17) is 0 Å². The molecule has 1 aromatic carbocycles. The Labute approximate surface area is 121 Å². The van der Waals surface area contributed by atoms with Crippen LogP contribution in [0.3, 0.4) is 0 Å². The molecular formula is C16H24N2S. The zero-order chi connectivity index (χ0) is 13.2. The van der Waals surface area contributed by atoms with Crippen LogP contribution >= 0.6 is 11.8 Å². The summed E-state index contributed by atoms with van der Waals surface area (Å²) in [5, 5.41) is 0. The van der Waals surface area contributed by atoms with Crippen LogP contribution in [0.4, 0.5) is 0 Å². The lowest BCUT2D eigenvalue weighted by molar-refractivity contribution is 0.0540. The summed E-state index contributed by atoms with van der Waals surface area (Å²) in [5.41, 5.74) is 1.45. The molecule has 2 nitrogen and oxygen atoms in total. The topological polar surface area (TPSA) is 6.48 Å². The Kier molecular flexibility index (Phi) is 4.15. The van der Waals surface area contributed by atoms with Crippen molar-refractivity contribution in [2.45, 2.75) is 43.3 Å². The van der Waals surface area contributed by atoms with Gasteiger partial charge in [0.05, 0.1) is 0 Å². The molecule has 1 unspecified atom stereocenters. The standard InChI is InChI=1S/C16H24N2S/c1-13-10-17-9-3-4-15(17)12-18(13)11-14-5-7-16(19-2)8-6-14/h5-8,13,15H,3-4,9-12H2,1-2H3/t13-,15?/m0/s1. The van der Waals surface area contributed by atoms with Gasteiger partial charge >= 0.3 is 0 Å². The van der Waals surface area contributed by atoms with Gasteiger partial charge in [-0.25, -0.2) is 0 Å². The van der Waals surface area contributed by atoms with Gasteiger partial charge in [0, 0.05) is 36.6 Å². The van der Waals surface area contributed by atoms with Gasteiger partial charge in [-0.15, -0.1) is 11.8 Å². The fourth-order valence-corrected chi connectivity index (χ4v) is 3.84. The highest BCUT2D eigenvalue weighted by molar-refractivity contribution is 7.98. The molecule has 0 radical (unpaired) electrons. The molecule has 2 aliphatic heterocycles. The second kappa shape index (κ2) is 5.86. The monoisotopic (exact) mass is 276 g/mol. The Morgan fingerprint density at radius 2 is 2.00 bits per heavy atom. The van der Waals surface area contributed by atoms with E-state index in [0.29, 0.717) is 6.04 Å². The molecule has 104 valence electrons. The lowest BCUT2D eigenvalue weighted by atomic mass is 10.1. The number of fused-ring (bicyclic) bond motifs is 1. The van der Waals surface area contributed by atoms with Crippen molar-refractivity contribution in [3.8, 4) is 0 Å². The summed E-state index contributed by atoms with van der Waals surface area (Å²) in [6.45, 7) is 7.33. The Balaban J connectivity index is 1.64.